The number of nitrogens with two attached hydrogens (primary N) is 1. The third-order valence-corrected chi connectivity index (χ3v) is 8.34. The molecule has 2 N–H and O–H groups in total. The van der Waals surface area contributed by atoms with Gasteiger partial charge in [-0.3, -0.25) is 0 Å². The Morgan fingerprint density at radius 2 is 1.42 bits per heavy atom. The van der Waals surface area contributed by atoms with Crippen LogP contribution in [0.1, 0.15) is 72.8 Å². The Morgan fingerprint density at radius 1 is 0.895 bits per heavy atom. The number of hydrogen-bond donors (Lipinski definition) is 1. The highest BCUT2D eigenvalue weighted by Gasteiger charge is 2.41. The number of halogens is 5. The minimum atomic E-state index is -0.400. The summed E-state index contributed by atoms with van der Waals surface area (Å²) in [6.45, 7) is 2.10. The maximum absolute atomic E-state index is 11.7. The number of hydrogen-bond acceptors (Lipinski definition) is 5. The number of carbonyl (C=O) groups is 1. The van der Waals surface area contributed by atoms with Crippen LogP contribution in [0.3, 0.4) is 0 Å². The molecule has 0 atom stereocenters. The Morgan fingerprint density at radius 3 is 1.84 bits per heavy atom. The van der Waals surface area contributed by atoms with Gasteiger partial charge in [-0.05, 0) is 74.4 Å². The molecule has 2 saturated carbocycles. The second-order valence-electron chi connectivity index (χ2n) is 9.68. The van der Waals surface area contributed by atoms with Crippen LogP contribution in [0.2, 0.25) is 20.1 Å². The van der Waals surface area contributed by atoms with Gasteiger partial charge >= 0.3 is 5.97 Å². The molecule has 0 unspecified atom stereocenters. The quantitative estimate of drug-likeness (QED) is 0.281. The van der Waals surface area contributed by atoms with E-state index in [1.807, 2.05) is 24.3 Å². The maximum atomic E-state index is 11.7. The highest BCUT2D eigenvalue weighted by Crippen LogP contribution is 2.48. The zero-order valence-corrected chi connectivity index (χ0v) is 24.8. The number of aromatic nitrogens is 2. The van der Waals surface area contributed by atoms with Crippen LogP contribution < -0.4 is 5.73 Å². The first-order valence-corrected chi connectivity index (χ1v) is 13.8. The van der Waals surface area contributed by atoms with Crippen LogP contribution in [0.15, 0.2) is 48.8 Å². The lowest BCUT2D eigenvalue weighted by Crippen LogP contribution is -2.43. The Balaban J connectivity index is 0.000000242. The Kier molecular flexibility index (Phi) is 10.7. The lowest BCUT2D eigenvalue weighted by molar-refractivity contribution is 0.0525. The molecule has 204 valence electrons. The lowest BCUT2D eigenvalue weighted by atomic mass is 9.62. The number of ether oxygens (including phenoxy) is 1. The molecule has 2 fully saturated rings. The van der Waals surface area contributed by atoms with Crippen LogP contribution in [-0.2, 0) is 22.1 Å². The van der Waals surface area contributed by atoms with Crippen molar-refractivity contribution < 1.29 is 9.53 Å². The third kappa shape index (κ3) is 6.93. The topological polar surface area (TPSA) is 78.1 Å². The van der Waals surface area contributed by atoms with Crippen LogP contribution in [-0.4, -0.2) is 22.5 Å². The molecule has 2 aliphatic carbocycles. The SMILES string of the molecule is CCOC(=O)c1cnc(CC2(c3ccc(Cl)cc3Cl)CCC2)nc1.Cl.NC1(c2ccc(Cl)cc2Cl)CCC1. The van der Waals surface area contributed by atoms with E-state index in [1.54, 1.807) is 19.1 Å². The Labute approximate surface area is 249 Å². The van der Waals surface area contributed by atoms with Crippen molar-refractivity contribution in [3.05, 3.63) is 91.4 Å². The first-order valence-electron chi connectivity index (χ1n) is 12.3. The van der Waals surface area contributed by atoms with E-state index in [0.29, 0.717) is 44.5 Å². The molecule has 1 aromatic heterocycles. The maximum Gasteiger partial charge on any atom is 0.341 e. The van der Waals surface area contributed by atoms with Gasteiger partial charge in [0.2, 0.25) is 0 Å². The Bertz CT molecular complexity index is 1260. The molecule has 2 aromatic carbocycles. The molecule has 3 aromatic rings. The fraction of sp³-hybridized carbons (Fsp3) is 0.393. The predicted octanol–water partition coefficient (Wildman–Crippen LogP) is 8.38. The number of esters is 1. The second-order valence-corrected chi connectivity index (χ2v) is 11.4. The summed E-state index contributed by atoms with van der Waals surface area (Å²) in [6.07, 6.45) is 10.2. The second kappa shape index (κ2) is 13.2. The molecule has 0 saturated heterocycles. The summed E-state index contributed by atoms with van der Waals surface area (Å²) in [5.41, 5.74) is 8.40. The zero-order chi connectivity index (χ0) is 26.6. The van der Waals surface area contributed by atoms with Gasteiger partial charge < -0.3 is 10.5 Å². The highest BCUT2D eigenvalue weighted by atomic mass is 35.5. The number of carbonyl (C=O) groups excluding carboxylic acids is 1. The summed E-state index contributed by atoms with van der Waals surface area (Å²) in [4.78, 5) is 20.4. The fourth-order valence-electron chi connectivity index (χ4n) is 4.85. The smallest absolute Gasteiger partial charge is 0.341 e. The molecule has 0 aliphatic heterocycles. The fourth-order valence-corrected chi connectivity index (χ4v) is 6.06. The molecular formula is C28H30Cl5N3O2. The largest absolute Gasteiger partial charge is 0.462 e. The van der Waals surface area contributed by atoms with Crippen molar-refractivity contribution >= 4 is 64.8 Å². The van der Waals surface area contributed by atoms with E-state index < -0.39 is 5.97 Å². The number of nitrogens with zero attached hydrogens (tertiary/aromatic N) is 2. The van der Waals surface area contributed by atoms with Gasteiger partial charge in [-0.1, -0.05) is 65.0 Å². The summed E-state index contributed by atoms with van der Waals surface area (Å²) >= 11 is 24.3. The minimum Gasteiger partial charge on any atom is -0.462 e. The van der Waals surface area contributed by atoms with Crippen molar-refractivity contribution in [2.45, 2.75) is 62.8 Å². The first kappa shape index (κ1) is 30.9. The zero-order valence-electron chi connectivity index (χ0n) is 21.0. The molecule has 0 amide bonds. The number of rotatable bonds is 6. The van der Waals surface area contributed by atoms with Gasteiger partial charge in [0.1, 0.15) is 5.82 Å². The third-order valence-electron chi connectivity index (χ3n) is 7.24. The summed E-state index contributed by atoms with van der Waals surface area (Å²) in [6, 6.07) is 11.2. The monoisotopic (exact) mass is 615 g/mol. The normalized spacial score (nSPS) is 16.6. The van der Waals surface area contributed by atoms with Crippen molar-refractivity contribution in [1.29, 1.82) is 0 Å². The molecule has 5 nitrogen and oxygen atoms in total. The molecule has 0 bridgehead atoms. The molecule has 0 radical (unpaired) electrons. The van der Waals surface area contributed by atoms with Crippen LogP contribution in [0, 0.1) is 0 Å². The molecule has 5 rings (SSSR count). The van der Waals surface area contributed by atoms with E-state index in [9.17, 15) is 4.79 Å². The summed E-state index contributed by atoms with van der Waals surface area (Å²) in [5, 5.41) is 2.67. The lowest BCUT2D eigenvalue weighted by Gasteiger charge is -2.42. The molecule has 10 heteroatoms. The molecule has 1 heterocycles. The van der Waals surface area contributed by atoms with Crippen molar-refractivity contribution in [1.82, 2.24) is 9.97 Å². The minimum absolute atomic E-state index is 0. The van der Waals surface area contributed by atoms with Crippen LogP contribution in [0.25, 0.3) is 0 Å². The summed E-state index contributed by atoms with van der Waals surface area (Å²) in [7, 11) is 0. The van der Waals surface area contributed by atoms with E-state index in [1.165, 1.54) is 18.8 Å². The van der Waals surface area contributed by atoms with E-state index >= 15 is 0 Å². The molecule has 38 heavy (non-hydrogen) atoms. The van der Waals surface area contributed by atoms with Crippen molar-refractivity contribution in [2.75, 3.05) is 6.61 Å². The van der Waals surface area contributed by atoms with E-state index in [-0.39, 0.29) is 23.4 Å². The van der Waals surface area contributed by atoms with Crippen molar-refractivity contribution in [2.24, 2.45) is 5.73 Å². The van der Waals surface area contributed by atoms with E-state index in [2.05, 4.69) is 9.97 Å². The van der Waals surface area contributed by atoms with Gasteiger partial charge in [0.25, 0.3) is 0 Å². The standard InChI is InChI=1S/C18H18Cl2N2O2.C10H11Cl2N.ClH/c1-2-24-17(23)12-10-21-16(22-11-12)9-18(6-3-7-18)14-5-4-13(19)8-15(14)20;11-7-2-3-8(9(12)6-7)10(13)4-1-5-10;/h4-5,8,10-11H,2-3,6-7,9H2,1H3;2-3,6H,1,4-5,13H2;1H. The van der Waals surface area contributed by atoms with E-state index in [4.69, 9.17) is 56.9 Å². The first-order chi connectivity index (χ1) is 17.7. The van der Waals surface area contributed by atoms with Gasteiger partial charge in [0.05, 0.1) is 12.2 Å². The average molecular weight is 618 g/mol. The van der Waals surface area contributed by atoms with Crippen LogP contribution in [0.4, 0.5) is 0 Å². The molecular weight excluding hydrogens is 588 g/mol. The predicted molar refractivity (Wildman–Crippen MR) is 157 cm³/mol. The van der Waals surface area contributed by atoms with Crippen molar-refractivity contribution in [3.8, 4) is 0 Å². The van der Waals surface area contributed by atoms with Gasteiger partial charge in [-0.2, -0.15) is 0 Å². The molecule has 2 aliphatic rings. The highest BCUT2D eigenvalue weighted by molar-refractivity contribution is 6.35. The van der Waals surface area contributed by atoms with Crippen LogP contribution in [0.5, 0.6) is 0 Å². The number of benzene rings is 2. The van der Waals surface area contributed by atoms with Gasteiger partial charge in [-0.25, -0.2) is 14.8 Å². The summed E-state index contributed by atoms with van der Waals surface area (Å²) in [5.74, 6) is 0.303. The molecule has 0 spiro atoms. The van der Waals surface area contributed by atoms with Crippen molar-refractivity contribution in [3.63, 3.8) is 0 Å². The van der Waals surface area contributed by atoms with Gasteiger partial charge in [0.15, 0.2) is 0 Å². The van der Waals surface area contributed by atoms with Gasteiger partial charge in [-0.15, -0.1) is 12.4 Å². The summed E-state index contributed by atoms with van der Waals surface area (Å²) < 4.78 is 4.95. The van der Waals surface area contributed by atoms with Crippen LogP contribution >= 0.6 is 58.8 Å². The van der Waals surface area contributed by atoms with E-state index in [0.717, 1.165) is 43.2 Å². The Hall–Kier alpha value is -1.60. The van der Waals surface area contributed by atoms with Gasteiger partial charge in [0, 0.05) is 49.9 Å². The average Bonchev–Trinajstić information content (AvgIpc) is 2.81.